The molecule has 1 saturated heterocycles. The zero-order chi connectivity index (χ0) is 13.1. The van der Waals surface area contributed by atoms with Gasteiger partial charge in [-0.2, -0.15) is 11.3 Å². The summed E-state index contributed by atoms with van der Waals surface area (Å²) < 4.78 is 0. The van der Waals surface area contributed by atoms with Gasteiger partial charge in [0, 0.05) is 25.6 Å². The Morgan fingerprint density at radius 3 is 2.89 bits per heavy atom. The molecule has 1 fully saturated rings. The van der Waals surface area contributed by atoms with Crippen LogP contribution >= 0.6 is 11.3 Å². The van der Waals surface area contributed by atoms with Gasteiger partial charge in [-0.3, -0.25) is 4.79 Å². The van der Waals surface area contributed by atoms with Crippen LogP contribution in [0.5, 0.6) is 0 Å². The van der Waals surface area contributed by atoms with E-state index >= 15 is 0 Å². The summed E-state index contributed by atoms with van der Waals surface area (Å²) in [6.45, 7) is 5.93. The maximum absolute atomic E-state index is 12.1. The Kier molecular flexibility index (Phi) is 4.40. The van der Waals surface area contributed by atoms with Crippen molar-refractivity contribution in [3.8, 4) is 0 Å². The number of thiophene rings is 1. The number of carbonyl (C=O) groups is 1. The van der Waals surface area contributed by atoms with Crippen LogP contribution in [0.25, 0.3) is 0 Å². The second kappa shape index (κ2) is 5.85. The van der Waals surface area contributed by atoms with Crippen LogP contribution in [0.4, 0.5) is 0 Å². The first-order valence-corrected chi connectivity index (χ1v) is 7.56. The Balaban J connectivity index is 1.83. The molecular formula is C14H22N2OS. The van der Waals surface area contributed by atoms with Crippen molar-refractivity contribution in [2.75, 3.05) is 13.1 Å². The van der Waals surface area contributed by atoms with E-state index in [9.17, 15) is 4.79 Å². The molecule has 1 aromatic rings. The predicted molar refractivity (Wildman–Crippen MR) is 75.5 cm³/mol. The first-order chi connectivity index (χ1) is 8.58. The lowest BCUT2D eigenvalue weighted by molar-refractivity contribution is -0.130. The number of nitrogens with two attached hydrogens (primary N) is 1. The minimum absolute atomic E-state index is 0.148. The molecule has 0 bridgehead atoms. The van der Waals surface area contributed by atoms with E-state index in [1.54, 1.807) is 11.3 Å². The van der Waals surface area contributed by atoms with Crippen molar-refractivity contribution < 1.29 is 4.79 Å². The summed E-state index contributed by atoms with van der Waals surface area (Å²) in [5, 5.41) is 4.17. The highest BCUT2D eigenvalue weighted by Crippen LogP contribution is 2.23. The van der Waals surface area contributed by atoms with E-state index in [1.807, 2.05) is 4.90 Å². The van der Waals surface area contributed by atoms with Gasteiger partial charge in [-0.05, 0) is 40.6 Å². The normalized spacial score (nSPS) is 23.9. The average Bonchev–Trinajstić information content (AvgIpc) is 2.94. The van der Waals surface area contributed by atoms with Gasteiger partial charge in [-0.25, -0.2) is 0 Å². The van der Waals surface area contributed by atoms with Crippen LogP contribution in [-0.2, 0) is 11.2 Å². The summed E-state index contributed by atoms with van der Waals surface area (Å²) in [6, 6.07) is 2.24. The molecule has 0 saturated carbocycles. The molecule has 0 radical (unpaired) electrons. The molecule has 3 nitrogen and oxygen atoms in total. The van der Waals surface area contributed by atoms with Crippen molar-refractivity contribution >= 4 is 17.2 Å². The summed E-state index contributed by atoms with van der Waals surface area (Å²) in [7, 11) is 0. The number of carbonyl (C=O) groups excluding carboxylic acids is 1. The number of rotatable bonds is 4. The van der Waals surface area contributed by atoms with Gasteiger partial charge in [0.2, 0.25) is 5.91 Å². The molecule has 1 aliphatic rings. The van der Waals surface area contributed by atoms with Crippen LogP contribution in [0.2, 0.25) is 0 Å². The largest absolute Gasteiger partial charge is 0.341 e. The lowest BCUT2D eigenvalue weighted by atomic mass is 9.92. The van der Waals surface area contributed by atoms with Crippen molar-refractivity contribution in [2.45, 2.75) is 32.7 Å². The van der Waals surface area contributed by atoms with Gasteiger partial charge in [-0.15, -0.1) is 0 Å². The minimum Gasteiger partial charge on any atom is -0.341 e. The summed E-state index contributed by atoms with van der Waals surface area (Å²) >= 11 is 1.68. The standard InChI is InChI=1S/C14H22N2OS/c1-10(2)12-7-16(8-13(12)15)14(17)4-3-11-5-6-18-9-11/h5-6,9-10,12-13H,3-4,7-8,15H2,1-2H3/t12-,13+/m0/s1. The van der Waals surface area contributed by atoms with Crippen LogP contribution in [0, 0.1) is 11.8 Å². The molecule has 100 valence electrons. The minimum atomic E-state index is 0.148. The van der Waals surface area contributed by atoms with Crippen molar-refractivity contribution in [3.63, 3.8) is 0 Å². The molecule has 2 rings (SSSR count). The molecule has 0 aliphatic carbocycles. The molecule has 1 aliphatic heterocycles. The molecule has 2 heterocycles. The lowest BCUT2D eigenvalue weighted by Gasteiger charge is -2.18. The van der Waals surface area contributed by atoms with Crippen molar-refractivity contribution in [2.24, 2.45) is 17.6 Å². The number of hydrogen-bond acceptors (Lipinski definition) is 3. The average molecular weight is 266 g/mol. The third kappa shape index (κ3) is 3.12. The fourth-order valence-corrected chi connectivity index (χ4v) is 3.31. The van der Waals surface area contributed by atoms with Crippen LogP contribution < -0.4 is 5.73 Å². The Hall–Kier alpha value is -0.870. The van der Waals surface area contributed by atoms with Crippen molar-refractivity contribution in [1.29, 1.82) is 0 Å². The first-order valence-electron chi connectivity index (χ1n) is 6.62. The maximum Gasteiger partial charge on any atom is 0.222 e. The van der Waals surface area contributed by atoms with Gasteiger partial charge in [0.25, 0.3) is 0 Å². The highest BCUT2D eigenvalue weighted by Gasteiger charge is 2.34. The molecule has 4 heteroatoms. The second-order valence-corrected chi connectivity index (χ2v) is 6.28. The maximum atomic E-state index is 12.1. The van der Waals surface area contributed by atoms with Gasteiger partial charge in [0.15, 0.2) is 0 Å². The van der Waals surface area contributed by atoms with E-state index in [2.05, 4.69) is 30.7 Å². The molecule has 0 unspecified atom stereocenters. The summed E-state index contributed by atoms with van der Waals surface area (Å²) in [6.07, 6.45) is 1.45. The zero-order valence-electron chi connectivity index (χ0n) is 11.1. The highest BCUT2D eigenvalue weighted by molar-refractivity contribution is 7.07. The molecule has 0 spiro atoms. The van der Waals surface area contributed by atoms with E-state index in [1.165, 1.54) is 5.56 Å². The number of aryl methyl sites for hydroxylation is 1. The predicted octanol–water partition coefficient (Wildman–Crippen LogP) is 2.12. The number of nitrogens with zero attached hydrogens (tertiary/aromatic N) is 1. The smallest absolute Gasteiger partial charge is 0.222 e. The van der Waals surface area contributed by atoms with Crippen LogP contribution in [-0.4, -0.2) is 29.9 Å². The zero-order valence-corrected chi connectivity index (χ0v) is 12.0. The molecule has 1 aromatic heterocycles. The molecule has 18 heavy (non-hydrogen) atoms. The molecule has 2 atom stereocenters. The SMILES string of the molecule is CC(C)[C@@H]1CN(C(=O)CCc2ccsc2)C[C@H]1N. The Morgan fingerprint density at radius 2 is 2.33 bits per heavy atom. The lowest BCUT2D eigenvalue weighted by Crippen LogP contribution is -2.33. The van der Waals surface area contributed by atoms with Crippen LogP contribution in [0.1, 0.15) is 25.8 Å². The van der Waals surface area contributed by atoms with E-state index in [4.69, 9.17) is 5.73 Å². The van der Waals surface area contributed by atoms with E-state index in [0.717, 1.165) is 19.5 Å². The van der Waals surface area contributed by atoms with E-state index in [-0.39, 0.29) is 11.9 Å². The van der Waals surface area contributed by atoms with E-state index < -0.39 is 0 Å². The Bertz CT molecular complexity index is 389. The number of amides is 1. The van der Waals surface area contributed by atoms with Crippen molar-refractivity contribution in [3.05, 3.63) is 22.4 Å². The number of likely N-dealkylation sites (tertiary alicyclic amines) is 1. The molecule has 1 amide bonds. The van der Waals surface area contributed by atoms with Crippen LogP contribution in [0.3, 0.4) is 0 Å². The molecule has 2 N–H and O–H groups in total. The summed E-state index contributed by atoms with van der Waals surface area (Å²) in [5.41, 5.74) is 7.37. The van der Waals surface area contributed by atoms with Gasteiger partial charge in [0.1, 0.15) is 0 Å². The van der Waals surface area contributed by atoms with Gasteiger partial charge < -0.3 is 10.6 Å². The van der Waals surface area contributed by atoms with Gasteiger partial charge in [0.05, 0.1) is 0 Å². The number of hydrogen-bond donors (Lipinski definition) is 1. The quantitative estimate of drug-likeness (QED) is 0.907. The molecular weight excluding hydrogens is 244 g/mol. The highest BCUT2D eigenvalue weighted by atomic mass is 32.1. The second-order valence-electron chi connectivity index (χ2n) is 5.50. The topological polar surface area (TPSA) is 46.3 Å². The van der Waals surface area contributed by atoms with E-state index in [0.29, 0.717) is 18.3 Å². The molecule has 0 aromatic carbocycles. The third-order valence-corrected chi connectivity index (χ3v) is 4.56. The first kappa shape index (κ1) is 13.6. The van der Waals surface area contributed by atoms with Gasteiger partial charge >= 0.3 is 0 Å². The fourth-order valence-electron chi connectivity index (χ4n) is 2.61. The monoisotopic (exact) mass is 266 g/mol. The fraction of sp³-hybridized carbons (Fsp3) is 0.643. The van der Waals surface area contributed by atoms with Gasteiger partial charge in [-0.1, -0.05) is 13.8 Å². The summed E-state index contributed by atoms with van der Waals surface area (Å²) in [5.74, 6) is 1.25. The Labute approximate surface area is 113 Å². The summed E-state index contributed by atoms with van der Waals surface area (Å²) in [4.78, 5) is 14.1. The Morgan fingerprint density at radius 1 is 1.56 bits per heavy atom. The third-order valence-electron chi connectivity index (χ3n) is 3.83. The van der Waals surface area contributed by atoms with Crippen molar-refractivity contribution in [1.82, 2.24) is 4.90 Å². The van der Waals surface area contributed by atoms with Crippen LogP contribution in [0.15, 0.2) is 16.8 Å².